The van der Waals surface area contributed by atoms with Crippen LogP contribution in [0.3, 0.4) is 0 Å². The van der Waals surface area contributed by atoms with Gasteiger partial charge in [-0.25, -0.2) is 4.99 Å². The molecule has 1 atom stereocenters. The summed E-state index contributed by atoms with van der Waals surface area (Å²) in [6.07, 6.45) is 4.28. The van der Waals surface area contributed by atoms with Gasteiger partial charge in [-0.2, -0.15) is 4.98 Å². The molecule has 0 saturated heterocycles. The smallest absolute Gasteiger partial charge is 0.272 e. The Morgan fingerprint density at radius 1 is 0.968 bits per heavy atom. The Hall–Kier alpha value is -3.93. The van der Waals surface area contributed by atoms with Crippen LogP contribution in [0.25, 0.3) is 0 Å². The molecule has 0 N–H and O–H groups in total. The summed E-state index contributed by atoms with van der Waals surface area (Å²) in [6, 6.07) is 18.5. The Labute approximate surface area is 179 Å². The molecule has 0 saturated carbocycles. The largest absolute Gasteiger partial charge is 0.333 e. The fourth-order valence-corrected chi connectivity index (χ4v) is 4.19. The van der Waals surface area contributed by atoms with Gasteiger partial charge in [0.1, 0.15) is 5.71 Å². The summed E-state index contributed by atoms with van der Waals surface area (Å²) >= 11 is 0. The lowest BCUT2D eigenvalue weighted by molar-refractivity contribution is 0.401. The Kier molecular flexibility index (Phi) is 4.09. The number of pyridine rings is 1. The van der Waals surface area contributed by atoms with E-state index in [0.717, 1.165) is 33.8 Å². The maximum absolute atomic E-state index is 5.59. The van der Waals surface area contributed by atoms with Gasteiger partial charge in [0.25, 0.3) is 5.89 Å². The first-order chi connectivity index (χ1) is 15.3. The molecule has 4 aromatic rings. The molecule has 2 aliphatic heterocycles. The van der Waals surface area contributed by atoms with Crippen molar-refractivity contribution in [2.24, 2.45) is 9.98 Å². The van der Waals surface area contributed by atoms with Crippen molar-refractivity contribution in [1.82, 2.24) is 15.1 Å². The van der Waals surface area contributed by atoms with Gasteiger partial charge in [-0.1, -0.05) is 48.5 Å². The number of benzene rings is 2. The zero-order valence-electron chi connectivity index (χ0n) is 17.0. The van der Waals surface area contributed by atoms with E-state index in [0.29, 0.717) is 24.7 Å². The van der Waals surface area contributed by atoms with Gasteiger partial charge in [0, 0.05) is 35.9 Å². The number of hydrogen-bond acceptors (Lipinski definition) is 6. The molecule has 4 heterocycles. The van der Waals surface area contributed by atoms with Crippen LogP contribution >= 0.6 is 0 Å². The van der Waals surface area contributed by atoms with Gasteiger partial charge < -0.3 is 4.52 Å². The van der Waals surface area contributed by atoms with Crippen molar-refractivity contribution in [3.05, 3.63) is 107 Å². The second-order valence-corrected chi connectivity index (χ2v) is 7.86. The van der Waals surface area contributed by atoms with E-state index in [1.165, 1.54) is 11.1 Å². The minimum absolute atomic E-state index is 0.0611. The van der Waals surface area contributed by atoms with Crippen molar-refractivity contribution in [1.29, 1.82) is 0 Å². The third kappa shape index (κ3) is 3.08. The Bertz CT molecular complexity index is 1340. The van der Waals surface area contributed by atoms with E-state index in [1.54, 1.807) is 12.4 Å². The second kappa shape index (κ2) is 7.09. The van der Waals surface area contributed by atoms with E-state index in [2.05, 4.69) is 46.3 Å². The molecule has 150 valence electrons. The summed E-state index contributed by atoms with van der Waals surface area (Å²) < 4.78 is 5.59. The highest BCUT2D eigenvalue weighted by Gasteiger charge is 2.26. The fraction of sp³-hybridized carbons (Fsp3) is 0.160. The van der Waals surface area contributed by atoms with Crippen LogP contribution in [0.4, 0.5) is 5.69 Å². The van der Waals surface area contributed by atoms with Crippen molar-refractivity contribution >= 4 is 17.1 Å². The quantitative estimate of drug-likeness (QED) is 0.495. The molecule has 1 unspecified atom stereocenters. The molecule has 6 nitrogen and oxygen atoms in total. The number of rotatable bonds is 4. The topological polar surface area (TPSA) is 76.5 Å². The number of aromatic nitrogens is 3. The van der Waals surface area contributed by atoms with Gasteiger partial charge in [0.2, 0.25) is 0 Å². The molecular formula is C25H19N5O. The molecule has 0 radical (unpaired) electrons. The monoisotopic (exact) mass is 405 g/mol. The molecule has 2 aliphatic rings. The predicted molar refractivity (Wildman–Crippen MR) is 118 cm³/mol. The van der Waals surface area contributed by atoms with E-state index in [4.69, 9.17) is 14.5 Å². The van der Waals surface area contributed by atoms with Gasteiger partial charge in [-0.15, -0.1) is 0 Å². The number of fused-ring (bicyclic) bond motifs is 2. The van der Waals surface area contributed by atoms with Crippen LogP contribution in [0.15, 0.2) is 81.5 Å². The molecule has 2 aromatic carbocycles. The molecule has 0 amide bonds. The second-order valence-electron chi connectivity index (χ2n) is 7.86. The lowest BCUT2D eigenvalue weighted by Crippen LogP contribution is -2.03. The summed E-state index contributed by atoms with van der Waals surface area (Å²) in [7, 11) is 0. The summed E-state index contributed by atoms with van der Waals surface area (Å²) in [5.74, 6) is 1.23. The molecule has 0 spiro atoms. The first-order valence-corrected chi connectivity index (χ1v) is 10.3. The maximum Gasteiger partial charge on any atom is 0.272 e. The van der Waals surface area contributed by atoms with Crippen LogP contribution in [0.5, 0.6) is 0 Å². The average molecular weight is 405 g/mol. The zero-order valence-corrected chi connectivity index (χ0v) is 17.0. The normalized spacial score (nSPS) is 15.3. The first-order valence-electron chi connectivity index (χ1n) is 10.3. The highest BCUT2D eigenvalue weighted by Crippen LogP contribution is 2.35. The minimum Gasteiger partial charge on any atom is -0.333 e. The first kappa shape index (κ1) is 17.9. The van der Waals surface area contributed by atoms with E-state index in [9.17, 15) is 0 Å². The highest BCUT2D eigenvalue weighted by atomic mass is 16.5. The molecule has 0 bridgehead atoms. The fourth-order valence-electron chi connectivity index (χ4n) is 4.19. The van der Waals surface area contributed by atoms with Gasteiger partial charge in [-0.3, -0.25) is 9.98 Å². The lowest BCUT2D eigenvalue weighted by Gasteiger charge is -2.06. The minimum atomic E-state index is 0.0611. The predicted octanol–water partition coefficient (Wildman–Crippen LogP) is 4.64. The molecule has 0 aliphatic carbocycles. The van der Waals surface area contributed by atoms with Crippen LogP contribution in [-0.4, -0.2) is 26.5 Å². The van der Waals surface area contributed by atoms with Crippen LogP contribution in [0.1, 0.15) is 52.4 Å². The van der Waals surface area contributed by atoms with E-state index in [-0.39, 0.29) is 5.92 Å². The van der Waals surface area contributed by atoms with E-state index >= 15 is 0 Å². The number of aliphatic imine (C=N–C) groups is 2. The highest BCUT2D eigenvalue weighted by molar-refractivity contribution is 6.16. The van der Waals surface area contributed by atoms with Gasteiger partial charge in [0.15, 0.2) is 5.82 Å². The average Bonchev–Trinajstić information content (AvgIpc) is 3.55. The third-order valence-electron chi connectivity index (χ3n) is 5.91. The SMILES string of the molecule is CC(c1ccccc1)c1noc(C2=Nc3cc4c(cc3C2)CN=C4c2ccncc2)n1. The number of hydrogen-bond donors (Lipinski definition) is 0. The van der Waals surface area contributed by atoms with Gasteiger partial charge in [-0.05, 0) is 34.9 Å². The molecule has 6 heteroatoms. The van der Waals surface area contributed by atoms with Crippen LogP contribution in [-0.2, 0) is 13.0 Å². The maximum atomic E-state index is 5.59. The zero-order chi connectivity index (χ0) is 20.8. The third-order valence-corrected chi connectivity index (χ3v) is 5.91. The van der Waals surface area contributed by atoms with E-state index in [1.807, 2.05) is 30.3 Å². The van der Waals surface area contributed by atoms with Gasteiger partial charge >= 0.3 is 0 Å². The lowest BCUT2D eigenvalue weighted by atomic mass is 9.97. The van der Waals surface area contributed by atoms with Crippen molar-refractivity contribution < 1.29 is 4.52 Å². The summed E-state index contributed by atoms with van der Waals surface area (Å²) in [5, 5.41) is 4.22. The summed E-state index contributed by atoms with van der Waals surface area (Å²) in [5.41, 5.74) is 8.55. The van der Waals surface area contributed by atoms with Crippen molar-refractivity contribution in [3.63, 3.8) is 0 Å². The van der Waals surface area contributed by atoms with Crippen molar-refractivity contribution in [3.8, 4) is 0 Å². The Balaban J connectivity index is 1.30. The Morgan fingerprint density at radius 2 is 1.81 bits per heavy atom. The molecule has 0 fully saturated rings. The van der Waals surface area contributed by atoms with Crippen LogP contribution in [0.2, 0.25) is 0 Å². The molecular weight excluding hydrogens is 386 g/mol. The molecule has 2 aromatic heterocycles. The van der Waals surface area contributed by atoms with Crippen molar-refractivity contribution in [2.45, 2.75) is 25.8 Å². The van der Waals surface area contributed by atoms with E-state index < -0.39 is 0 Å². The van der Waals surface area contributed by atoms with Gasteiger partial charge in [0.05, 0.1) is 17.9 Å². The summed E-state index contributed by atoms with van der Waals surface area (Å²) in [6.45, 7) is 2.77. The summed E-state index contributed by atoms with van der Waals surface area (Å²) in [4.78, 5) is 18.3. The van der Waals surface area contributed by atoms with Crippen LogP contribution < -0.4 is 0 Å². The standard InChI is InChI=1S/C25H19N5O/c1-15(16-5-3-2-4-6-16)24-29-25(31-30-24)22-12-18-11-19-14-27-23(17-7-9-26-10-8-17)20(19)13-21(18)28-22/h2-11,13,15H,12,14H2,1H3. The molecule has 6 rings (SSSR count). The molecule has 31 heavy (non-hydrogen) atoms. The van der Waals surface area contributed by atoms with Crippen LogP contribution in [0, 0.1) is 0 Å². The number of nitrogens with zero attached hydrogens (tertiary/aromatic N) is 5. The van der Waals surface area contributed by atoms with Crippen molar-refractivity contribution in [2.75, 3.05) is 0 Å². The Morgan fingerprint density at radius 3 is 2.65 bits per heavy atom.